The van der Waals surface area contributed by atoms with Crippen molar-refractivity contribution in [3.63, 3.8) is 0 Å². The van der Waals surface area contributed by atoms with E-state index in [9.17, 15) is 13.2 Å². The fraction of sp³-hybridized carbons (Fsp3) is 0.278. The lowest BCUT2D eigenvalue weighted by molar-refractivity contribution is 0.0972. The van der Waals surface area contributed by atoms with E-state index in [0.717, 1.165) is 15.7 Å². The van der Waals surface area contributed by atoms with Gasteiger partial charge < -0.3 is 4.57 Å². The maximum Gasteiger partial charge on any atom is 0.243 e. The highest BCUT2D eigenvalue weighted by atomic mass is 32.2. The summed E-state index contributed by atoms with van der Waals surface area (Å²) in [7, 11) is -2.26. The number of carbonyl (C=O) groups is 1. The number of carbonyl (C=O) groups excluding carboxylic acids is 1. The smallest absolute Gasteiger partial charge is 0.243 e. The van der Waals surface area contributed by atoms with Gasteiger partial charge in [-0.1, -0.05) is 24.3 Å². The summed E-state index contributed by atoms with van der Waals surface area (Å²) in [6.45, 7) is 7.90. The molecule has 128 valence electrons. The van der Waals surface area contributed by atoms with E-state index in [1.54, 1.807) is 30.3 Å². The minimum absolute atomic E-state index is 0.178. The van der Waals surface area contributed by atoms with Gasteiger partial charge in [0.15, 0.2) is 5.78 Å². The maximum absolute atomic E-state index is 12.6. The summed E-state index contributed by atoms with van der Waals surface area (Å²) in [4.78, 5) is 12.8. The third kappa shape index (κ3) is 3.49. The number of hydrogen-bond acceptors (Lipinski definition) is 3. The Morgan fingerprint density at radius 2 is 1.88 bits per heavy atom. The Bertz CT molecular complexity index is 852. The monoisotopic (exact) mass is 346 g/mol. The Hall–Kier alpha value is -2.18. The zero-order valence-electron chi connectivity index (χ0n) is 14.2. The van der Waals surface area contributed by atoms with Crippen molar-refractivity contribution >= 4 is 15.8 Å². The van der Waals surface area contributed by atoms with Crippen molar-refractivity contribution < 1.29 is 13.2 Å². The van der Waals surface area contributed by atoms with Crippen LogP contribution in [0.5, 0.6) is 0 Å². The highest BCUT2D eigenvalue weighted by Gasteiger charge is 2.24. The molecule has 5 nitrogen and oxygen atoms in total. The Kier molecular flexibility index (Phi) is 5.41. The molecule has 2 rings (SSSR count). The molecular formula is C18H22N2O3S. The van der Waals surface area contributed by atoms with Gasteiger partial charge in [-0.15, -0.1) is 6.58 Å². The van der Waals surface area contributed by atoms with Gasteiger partial charge >= 0.3 is 0 Å². The van der Waals surface area contributed by atoms with Crippen LogP contribution in [0, 0.1) is 13.8 Å². The minimum atomic E-state index is -3.68. The van der Waals surface area contributed by atoms with Gasteiger partial charge in [-0.3, -0.25) is 4.79 Å². The van der Waals surface area contributed by atoms with Crippen LogP contribution in [0.4, 0.5) is 0 Å². The molecular weight excluding hydrogens is 324 g/mol. The van der Waals surface area contributed by atoms with Gasteiger partial charge in [0, 0.05) is 30.5 Å². The molecule has 0 aliphatic heterocycles. The number of aromatic nitrogens is 1. The molecule has 0 amide bonds. The minimum Gasteiger partial charge on any atom is -0.345 e. The third-order valence-corrected chi connectivity index (χ3v) is 5.82. The van der Waals surface area contributed by atoms with Crippen LogP contribution in [0.15, 0.2) is 53.9 Å². The van der Waals surface area contributed by atoms with E-state index in [1.807, 2.05) is 18.4 Å². The van der Waals surface area contributed by atoms with E-state index in [4.69, 9.17) is 0 Å². The van der Waals surface area contributed by atoms with Gasteiger partial charge in [0.1, 0.15) is 0 Å². The first-order valence-corrected chi connectivity index (χ1v) is 9.05. The summed E-state index contributed by atoms with van der Waals surface area (Å²) in [6, 6.07) is 9.90. The van der Waals surface area contributed by atoms with Crippen LogP contribution in [0.3, 0.4) is 0 Å². The van der Waals surface area contributed by atoms with Gasteiger partial charge in [0.25, 0.3) is 0 Å². The third-order valence-electron chi connectivity index (χ3n) is 4.00. The Labute approximate surface area is 143 Å². The van der Waals surface area contributed by atoms with E-state index < -0.39 is 10.0 Å². The molecule has 6 heteroatoms. The second-order valence-corrected chi connectivity index (χ2v) is 7.73. The molecule has 0 fully saturated rings. The van der Waals surface area contributed by atoms with E-state index in [0.29, 0.717) is 12.1 Å². The van der Waals surface area contributed by atoms with Gasteiger partial charge in [0.2, 0.25) is 10.0 Å². The molecule has 0 saturated carbocycles. The van der Waals surface area contributed by atoms with Gasteiger partial charge in [-0.05, 0) is 32.0 Å². The molecule has 0 aliphatic carbocycles. The van der Waals surface area contributed by atoms with Crippen molar-refractivity contribution in [2.75, 3.05) is 13.6 Å². The van der Waals surface area contributed by atoms with E-state index in [2.05, 4.69) is 6.58 Å². The van der Waals surface area contributed by atoms with Crippen molar-refractivity contribution in [3.8, 4) is 0 Å². The van der Waals surface area contributed by atoms with E-state index >= 15 is 0 Å². The molecule has 0 spiro atoms. The molecule has 0 aliphatic rings. The van der Waals surface area contributed by atoms with Crippen molar-refractivity contribution in [1.82, 2.24) is 8.87 Å². The average Bonchev–Trinajstić information content (AvgIpc) is 2.84. The predicted molar refractivity (Wildman–Crippen MR) is 94.7 cm³/mol. The molecule has 0 bridgehead atoms. The molecule has 1 heterocycles. The summed E-state index contributed by atoms with van der Waals surface area (Å²) in [6.07, 6.45) is 1.76. The second-order valence-electron chi connectivity index (χ2n) is 5.68. The van der Waals surface area contributed by atoms with Gasteiger partial charge in [-0.2, -0.15) is 4.31 Å². The zero-order valence-corrected chi connectivity index (χ0v) is 15.0. The summed E-state index contributed by atoms with van der Waals surface area (Å²) in [5, 5.41) is 0. The SMILES string of the molecule is C=CCn1c(C)cc(C(=O)CN(C)S(=O)(=O)c2ccccc2)c1C. The highest BCUT2D eigenvalue weighted by molar-refractivity contribution is 7.89. The van der Waals surface area contributed by atoms with Crippen LogP contribution >= 0.6 is 0 Å². The fourth-order valence-corrected chi connectivity index (χ4v) is 3.79. The molecule has 0 unspecified atom stereocenters. The van der Waals surface area contributed by atoms with Crippen LogP contribution in [0.25, 0.3) is 0 Å². The number of sulfonamides is 1. The summed E-state index contributed by atoms with van der Waals surface area (Å²) >= 11 is 0. The van der Waals surface area contributed by atoms with Crippen molar-refractivity contribution in [2.24, 2.45) is 0 Å². The number of rotatable bonds is 7. The second kappa shape index (κ2) is 7.15. The van der Waals surface area contributed by atoms with Gasteiger partial charge in [0.05, 0.1) is 11.4 Å². The molecule has 0 radical (unpaired) electrons. The van der Waals surface area contributed by atoms with Crippen molar-refractivity contribution in [2.45, 2.75) is 25.3 Å². The van der Waals surface area contributed by atoms with E-state index in [-0.39, 0.29) is 17.2 Å². The Balaban J connectivity index is 2.24. The van der Waals surface area contributed by atoms with Gasteiger partial charge in [-0.25, -0.2) is 8.42 Å². The van der Waals surface area contributed by atoms with Crippen LogP contribution in [-0.2, 0) is 16.6 Å². The van der Waals surface area contributed by atoms with Crippen LogP contribution in [-0.4, -0.2) is 36.7 Å². The standard InChI is InChI=1S/C18H22N2O3S/c1-5-11-20-14(2)12-17(15(20)3)18(21)13-19(4)24(22,23)16-9-7-6-8-10-16/h5-10,12H,1,11,13H2,2-4H3. The van der Waals surface area contributed by atoms with Crippen molar-refractivity contribution in [1.29, 1.82) is 0 Å². The summed E-state index contributed by atoms with van der Waals surface area (Å²) < 4.78 is 28.1. The lowest BCUT2D eigenvalue weighted by atomic mass is 10.1. The van der Waals surface area contributed by atoms with Crippen molar-refractivity contribution in [3.05, 3.63) is 66.0 Å². The number of allylic oxidation sites excluding steroid dienone is 1. The average molecular weight is 346 g/mol. The fourth-order valence-electron chi connectivity index (χ4n) is 2.64. The first-order chi connectivity index (χ1) is 11.3. The molecule has 1 aromatic carbocycles. The Morgan fingerprint density at radius 1 is 1.25 bits per heavy atom. The number of benzene rings is 1. The van der Waals surface area contributed by atoms with Crippen LogP contribution < -0.4 is 0 Å². The first-order valence-electron chi connectivity index (χ1n) is 7.61. The van der Waals surface area contributed by atoms with Crippen LogP contribution in [0.1, 0.15) is 21.7 Å². The summed E-state index contributed by atoms with van der Waals surface area (Å²) in [5.41, 5.74) is 2.32. The molecule has 0 saturated heterocycles. The molecule has 24 heavy (non-hydrogen) atoms. The maximum atomic E-state index is 12.6. The topological polar surface area (TPSA) is 59.4 Å². The van der Waals surface area contributed by atoms with Crippen LogP contribution in [0.2, 0.25) is 0 Å². The largest absolute Gasteiger partial charge is 0.345 e. The molecule has 0 N–H and O–H groups in total. The lowest BCUT2D eigenvalue weighted by Crippen LogP contribution is -2.32. The molecule has 2 aromatic rings. The summed E-state index contributed by atoms with van der Waals surface area (Å²) in [5.74, 6) is -0.222. The predicted octanol–water partition coefficient (Wildman–Crippen LogP) is 2.79. The number of nitrogens with zero attached hydrogens (tertiary/aromatic N) is 2. The lowest BCUT2D eigenvalue weighted by Gasteiger charge is -2.16. The highest BCUT2D eigenvalue weighted by Crippen LogP contribution is 2.18. The van der Waals surface area contributed by atoms with E-state index in [1.165, 1.54) is 19.2 Å². The Morgan fingerprint density at radius 3 is 2.46 bits per heavy atom. The quantitative estimate of drug-likeness (QED) is 0.572. The number of ketones is 1. The normalized spacial score (nSPS) is 11.7. The molecule has 0 atom stereocenters. The molecule has 1 aromatic heterocycles. The zero-order chi connectivity index (χ0) is 17.9. The number of hydrogen-bond donors (Lipinski definition) is 0. The number of Topliss-reactive ketones (excluding diaryl/α,β-unsaturated/α-hetero) is 1. The number of aryl methyl sites for hydroxylation is 1. The first kappa shape index (κ1) is 18.2. The number of likely N-dealkylation sites (N-methyl/N-ethyl adjacent to an activating group) is 1.